The van der Waals surface area contributed by atoms with Crippen molar-refractivity contribution in [1.82, 2.24) is 0 Å². The first-order chi connectivity index (χ1) is 18.7. The molecule has 0 saturated carbocycles. The summed E-state index contributed by atoms with van der Waals surface area (Å²) in [5, 5.41) is 11.5. The molecule has 6 nitrogen and oxygen atoms in total. The number of ether oxygens (including phenoxy) is 3. The second kappa shape index (κ2) is 11.0. The van der Waals surface area contributed by atoms with E-state index in [1.165, 1.54) is 5.57 Å². The Balaban J connectivity index is 1.91. The largest absolute Gasteiger partial charge is 0.506 e. The van der Waals surface area contributed by atoms with E-state index >= 15 is 0 Å². The van der Waals surface area contributed by atoms with Crippen LogP contribution in [-0.4, -0.2) is 41.1 Å². The zero-order valence-electron chi connectivity index (χ0n) is 25.4. The normalized spacial score (nSPS) is 25.0. The second-order valence-corrected chi connectivity index (χ2v) is 12.7. The lowest BCUT2D eigenvalue weighted by Gasteiger charge is -2.45. The molecule has 3 aliphatic rings. The molecule has 0 fully saturated rings. The van der Waals surface area contributed by atoms with Gasteiger partial charge >= 0.3 is 0 Å². The second-order valence-electron chi connectivity index (χ2n) is 12.7. The maximum absolute atomic E-state index is 14.2. The fraction of sp³-hybridized carbons (Fsp3) is 0.529. The minimum absolute atomic E-state index is 0.0101. The zero-order chi connectivity index (χ0) is 29.6. The quantitative estimate of drug-likeness (QED) is 0.343. The number of methoxy groups -OCH3 is 1. The molecule has 4 rings (SSSR count). The molecular weight excluding hydrogens is 504 g/mol. The van der Waals surface area contributed by atoms with Crippen LogP contribution in [0.4, 0.5) is 0 Å². The Labute approximate surface area is 238 Å². The third-order valence-electron chi connectivity index (χ3n) is 8.59. The van der Waals surface area contributed by atoms with Crippen molar-refractivity contribution in [3.05, 3.63) is 57.7 Å². The van der Waals surface area contributed by atoms with Gasteiger partial charge in [0.25, 0.3) is 0 Å². The van der Waals surface area contributed by atoms with Crippen molar-refractivity contribution < 1.29 is 28.9 Å². The van der Waals surface area contributed by atoms with Crippen LogP contribution in [0.25, 0.3) is 6.08 Å². The van der Waals surface area contributed by atoms with E-state index in [9.17, 15) is 14.7 Å². The minimum atomic E-state index is -0.658. The average Bonchev–Trinajstić information content (AvgIpc) is 2.87. The lowest BCUT2D eigenvalue weighted by atomic mass is 9.69. The van der Waals surface area contributed by atoms with Crippen LogP contribution >= 0.6 is 0 Å². The van der Waals surface area contributed by atoms with Crippen molar-refractivity contribution in [1.29, 1.82) is 0 Å². The molecule has 4 atom stereocenters. The van der Waals surface area contributed by atoms with Crippen molar-refractivity contribution in [2.45, 2.75) is 98.4 Å². The van der Waals surface area contributed by atoms with Crippen LogP contribution in [-0.2, 0) is 16.0 Å². The number of ketones is 2. The van der Waals surface area contributed by atoms with Crippen LogP contribution < -0.4 is 9.47 Å². The van der Waals surface area contributed by atoms with E-state index < -0.39 is 23.2 Å². The van der Waals surface area contributed by atoms with E-state index in [2.05, 4.69) is 26.0 Å². The smallest absolute Gasteiger partial charge is 0.199 e. The number of phenols is 1. The summed E-state index contributed by atoms with van der Waals surface area (Å²) < 4.78 is 19.3. The molecule has 1 aliphatic carbocycles. The molecule has 1 aromatic rings. The van der Waals surface area contributed by atoms with Gasteiger partial charge in [0.15, 0.2) is 5.78 Å². The van der Waals surface area contributed by atoms with Gasteiger partial charge in [-0.25, -0.2) is 0 Å². The van der Waals surface area contributed by atoms with Crippen molar-refractivity contribution in [3.63, 3.8) is 0 Å². The molecule has 0 aromatic heterocycles. The van der Waals surface area contributed by atoms with Crippen LogP contribution in [0.3, 0.4) is 0 Å². The highest BCUT2D eigenvalue weighted by atomic mass is 16.5. The molecular formula is C34H44O6. The number of Topliss-reactive ketones (excluding diaryl/α,β-unsaturated/α-hetero) is 2. The van der Waals surface area contributed by atoms with Crippen molar-refractivity contribution in [3.8, 4) is 17.2 Å². The molecule has 1 N–H and O–H groups in total. The van der Waals surface area contributed by atoms with Crippen LogP contribution in [0, 0.1) is 11.8 Å². The average molecular weight is 549 g/mol. The highest BCUT2D eigenvalue weighted by Gasteiger charge is 2.50. The van der Waals surface area contributed by atoms with Gasteiger partial charge in [-0.05, 0) is 93.2 Å². The van der Waals surface area contributed by atoms with Gasteiger partial charge in [0.05, 0.1) is 11.2 Å². The number of hydrogen-bond donors (Lipinski definition) is 1. The first-order valence-corrected chi connectivity index (χ1v) is 14.2. The molecule has 0 saturated heterocycles. The number of rotatable bonds is 8. The minimum Gasteiger partial charge on any atom is -0.506 e. The molecule has 0 radical (unpaired) electrons. The number of phenolic OH excluding ortho intramolecular Hbond substituents is 1. The SMILES string of the molecule is COC(C)(C)[C@H]1C[C@H](C(C)=O)C=C2C(=O)c3c(O)c4c(c(CC=C(C)C)c3OC21)O[C@@](C)(CCC=C(C)C)C=C4. The monoisotopic (exact) mass is 548 g/mol. The van der Waals surface area contributed by atoms with Crippen molar-refractivity contribution in [2.75, 3.05) is 7.11 Å². The molecule has 40 heavy (non-hydrogen) atoms. The molecule has 0 bridgehead atoms. The number of carbonyl (C=O) groups excluding carboxylic acids is 2. The van der Waals surface area contributed by atoms with Gasteiger partial charge in [0.2, 0.25) is 0 Å². The summed E-state index contributed by atoms with van der Waals surface area (Å²) in [4.78, 5) is 26.7. The Morgan fingerprint density at radius 3 is 2.42 bits per heavy atom. The summed E-state index contributed by atoms with van der Waals surface area (Å²) in [6.45, 7) is 15.7. The van der Waals surface area contributed by atoms with Gasteiger partial charge in [0, 0.05) is 30.1 Å². The molecule has 2 aliphatic heterocycles. The van der Waals surface area contributed by atoms with Crippen LogP contribution in [0.2, 0.25) is 0 Å². The highest BCUT2D eigenvalue weighted by molar-refractivity contribution is 6.15. The third kappa shape index (κ3) is 5.56. The molecule has 2 heterocycles. The molecule has 1 aromatic carbocycles. The van der Waals surface area contributed by atoms with E-state index in [-0.39, 0.29) is 28.8 Å². The molecule has 216 valence electrons. The number of carbonyl (C=O) groups is 2. The molecule has 6 heteroatoms. The Kier molecular flexibility index (Phi) is 8.24. The van der Waals surface area contributed by atoms with E-state index in [1.54, 1.807) is 20.1 Å². The maximum atomic E-state index is 14.2. The maximum Gasteiger partial charge on any atom is 0.199 e. The first kappa shape index (κ1) is 29.9. The number of hydrogen-bond acceptors (Lipinski definition) is 6. The van der Waals surface area contributed by atoms with Gasteiger partial charge in [0.1, 0.15) is 40.3 Å². The van der Waals surface area contributed by atoms with Crippen molar-refractivity contribution in [2.24, 2.45) is 11.8 Å². The summed E-state index contributed by atoms with van der Waals surface area (Å²) in [5.74, 6) is -0.229. The zero-order valence-corrected chi connectivity index (χ0v) is 25.4. The van der Waals surface area contributed by atoms with Gasteiger partial charge in [-0.3, -0.25) is 9.59 Å². The Bertz CT molecular complexity index is 1330. The van der Waals surface area contributed by atoms with Crippen LogP contribution in [0.1, 0.15) is 96.1 Å². The third-order valence-corrected chi connectivity index (χ3v) is 8.59. The lowest BCUT2D eigenvalue weighted by molar-refractivity contribution is -0.122. The Hall–Kier alpha value is -3.12. The summed E-state index contributed by atoms with van der Waals surface area (Å²) >= 11 is 0. The standard InChI is InChI=1S/C34H44O6/c1-19(2)11-10-15-34(8)16-14-23-28(36)27-29(37)25-17-22(21(5)35)18-26(33(6,7)38-9)31(25)39-32(27)24(30(23)40-34)13-12-20(3)4/h11-12,14,16-17,22,26,31,36H,10,13,15,18H2,1-9H3/t22-,26+,31?,34+/m1/s1. The Morgan fingerprint density at radius 1 is 1.15 bits per heavy atom. The summed E-state index contributed by atoms with van der Waals surface area (Å²) in [6.07, 6.45) is 11.8. The van der Waals surface area contributed by atoms with Crippen LogP contribution in [0.5, 0.6) is 17.2 Å². The first-order valence-electron chi connectivity index (χ1n) is 14.2. The van der Waals surface area contributed by atoms with Gasteiger partial charge < -0.3 is 19.3 Å². The fourth-order valence-electron chi connectivity index (χ4n) is 5.88. The predicted molar refractivity (Wildman–Crippen MR) is 158 cm³/mol. The van der Waals surface area contributed by atoms with E-state index in [1.807, 2.05) is 46.8 Å². The summed E-state index contributed by atoms with van der Waals surface area (Å²) in [7, 11) is 1.64. The number of allylic oxidation sites excluding steroid dienone is 5. The van der Waals surface area contributed by atoms with E-state index in [4.69, 9.17) is 14.2 Å². The summed E-state index contributed by atoms with van der Waals surface area (Å²) in [6, 6.07) is 0. The molecule has 0 amide bonds. The van der Waals surface area contributed by atoms with Gasteiger partial charge in [-0.15, -0.1) is 0 Å². The molecule has 1 unspecified atom stereocenters. The molecule has 0 spiro atoms. The predicted octanol–water partition coefficient (Wildman–Crippen LogP) is 7.33. The lowest BCUT2D eigenvalue weighted by Crippen LogP contribution is -2.50. The van der Waals surface area contributed by atoms with E-state index in [0.29, 0.717) is 35.5 Å². The summed E-state index contributed by atoms with van der Waals surface area (Å²) in [5.41, 5.74) is 2.91. The highest BCUT2D eigenvalue weighted by Crippen LogP contribution is 2.53. The number of fused-ring (bicyclic) bond motifs is 3. The number of benzene rings is 1. The van der Waals surface area contributed by atoms with Crippen molar-refractivity contribution >= 4 is 17.6 Å². The van der Waals surface area contributed by atoms with E-state index in [0.717, 1.165) is 24.0 Å². The van der Waals surface area contributed by atoms with Gasteiger partial charge in [-0.2, -0.15) is 0 Å². The Morgan fingerprint density at radius 2 is 1.82 bits per heavy atom. The fourth-order valence-corrected chi connectivity index (χ4v) is 5.88. The number of aromatic hydroxyl groups is 1. The van der Waals surface area contributed by atoms with Crippen LogP contribution in [0.15, 0.2) is 41.0 Å². The van der Waals surface area contributed by atoms with Gasteiger partial charge in [-0.1, -0.05) is 29.4 Å². The topological polar surface area (TPSA) is 82.1 Å².